The van der Waals surface area contributed by atoms with Gasteiger partial charge in [-0.3, -0.25) is 4.79 Å². The third-order valence-corrected chi connectivity index (χ3v) is 3.94. The fourth-order valence-electron chi connectivity index (χ4n) is 2.63. The van der Waals surface area contributed by atoms with E-state index >= 15 is 0 Å². The van der Waals surface area contributed by atoms with Crippen molar-refractivity contribution in [1.29, 1.82) is 0 Å². The molecule has 27 heavy (non-hydrogen) atoms. The third kappa shape index (κ3) is 4.32. The lowest BCUT2D eigenvalue weighted by Crippen LogP contribution is -2.28. The van der Waals surface area contributed by atoms with Gasteiger partial charge < -0.3 is 19.2 Å². The molecular weight excluding hydrogens is 353 g/mol. The van der Waals surface area contributed by atoms with Gasteiger partial charge in [0.25, 0.3) is 5.91 Å². The number of hydrogen-bond acceptors (Lipinski definition) is 5. The van der Waals surface area contributed by atoms with Crippen molar-refractivity contribution in [3.63, 3.8) is 0 Å². The zero-order valence-electron chi connectivity index (χ0n) is 14.7. The van der Waals surface area contributed by atoms with Crippen LogP contribution in [0.25, 0.3) is 11.0 Å². The van der Waals surface area contributed by atoms with Gasteiger partial charge >= 0.3 is 5.97 Å². The standard InChI is InChI=1S/C20H18FNO5/c1-25-11-15-14-7-3-5-9-17(14)27-19(15)20(24)26-12-18(23)22-10-13-6-2-4-8-16(13)21/h2-9H,10-12H2,1H3,(H,22,23). The van der Waals surface area contributed by atoms with Gasteiger partial charge in [0.2, 0.25) is 5.76 Å². The summed E-state index contributed by atoms with van der Waals surface area (Å²) in [5.41, 5.74) is 1.43. The van der Waals surface area contributed by atoms with Crippen molar-refractivity contribution in [2.45, 2.75) is 13.2 Å². The topological polar surface area (TPSA) is 77.8 Å². The van der Waals surface area contributed by atoms with Gasteiger partial charge in [0.1, 0.15) is 11.4 Å². The number of para-hydroxylation sites is 1. The zero-order valence-corrected chi connectivity index (χ0v) is 14.7. The summed E-state index contributed by atoms with van der Waals surface area (Å²) in [6.45, 7) is -0.333. The molecule has 7 heteroatoms. The highest BCUT2D eigenvalue weighted by atomic mass is 19.1. The monoisotopic (exact) mass is 371 g/mol. The number of amides is 1. The van der Waals surface area contributed by atoms with E-state index in [-0.39, 0.29) is 18.9 Å². The Morgan fingerprint density at radius 3 is 2.63 bits per heavy atom. The van der Waals surface area contributed by atoms with E-state index in [1.165, 1.54) is 13.2 Å². The molecule has 2 aromatic carbocycles. The number of methoxy groups -OCH3 is 1. The normalized spacial score (nSPS) is 10.7. The van der Waals surface area contributed by atoms with Gasteiger partial charge in [-0.25, -0.2) is 9.18 Å². The van der Waals surface area contributed by atoms with Crippen LogP contribution in [-0.2, 0) is 27.4 Å². The van der Waals surface area contributed by atoms with Gasteiger partial charge in [-0.1, -0.05) is 36.4 Å². The molecular formula is C20H18FNO5. The summed E-state index contributed by atoms with van der Waals surface area (Å²) >= 11 is 0. The van der Waals surface area contributed by atoms with E-state index in [0.29, 0.717) is 16.7 Å². The Morgan fingerprint density at radius 2 is 1.85 bits per heavy atom. The Kier molecular flexibility index (Phi) is 5.83. The Morgan fingerprint density at radius 1 is 1.11 bits per heavy atom. The van der Waals surface area contributed by atoms with Crippen LogP contribution in [0.3, 0.4) is 0 Å². The molecule has 0 saturated carbocycles. The maximum atomic E-state index is 13.5. The molecule has 0 saturated heterocycles. The van der Waals surface area contributed by atoms with Gasteiger partial charge in [-0.05, 0) is 12.1 Å². The van der Waals surface area contributed by atoms with Crippen LogP contribution in [0.15, 0.2) is 52.9 Å². The first-order valence-electron chi connectivity index (χ1n) is 8.26. The third-order valence-electron chi connectivity index (χ3n) is 3.94. The van der Waals surface area contributed by atoms with Gasteiger partial charge in [-0.2, -0.15) is 0 Å². The van der Waals surface area contributed by atoms with Gasteiger partial charge in [0.15, 0.2) is 6.61 Å². The van der Waals surface area contributed by atoms with Crippen molar-refractivity contribution in [3.8, 4) is 0 Å². The number of hydrogen-bond donors (Lipinski definition) is 1. The molecule has 3 rings (SSSR count). The lowest BCUT2D eigenvalue weighted by molar-refractivity contribution is -0.124. The van der Waals surface area contributed by atoms with Gasteiger partial charge in [-0.15, -0.1) is 0 Å². The number of esters is 1. The molecule has 0 bridgehead atoms. The van der Waals surface area contributed by atoms with Gasteiger partial charge in [0, 0.05) is 30.2 Å². The Balaban J connectivity index is 1.62. The summed E-state index contributed by atoms with van der Waals surface area (Å²) in [4.78, 5) is 24.2. The molecule has 0 aliphatic heterocycles. The highest BCUT2D eigenvalue weighted by Gasteiger charge is 2.22. The molecule has 140 valence electrons. The minimum atomic E-state index is -0.765. The van der Waals surface area contributed by atoms with Crippen LogP contribution < -0.4 is 5.32 Å². The average Bonchev–Trinajstić information content (AvgIpc) is 3.04. The molecule has 0 fully saturated rings. The molecule has 0 atom stereocenters. The SMILES string of the molecule is COCc1c(C(=O)OCC(=O)NCc2ccccc2F)oc2ccccc12. The number of carbonyl (C=O) groups is 2. The Labute approximate surface area is 154 Å². The number of nitrogens with one attached hydrogen (secondary N) is 1. The number of furan rings is 1. The first-order valence-corrected chi connectivity index (χ1v) is 8.26. The maximum absolute atomic E-state index is 13.5. The lowest BCUT2D eigenvalue weighted by Gasteiger charge is -2.07. The fourth-order valence-corrected chi connectivity index (χ4v) is 2.63. The Bertz CT molecular complexity index is 966. The fraction of sp³-hybridized carbons (Fsp3) is 0.200. The molecule has 0 radical (unpaired) electrons. The molecule has 3 aromatic rings. The quantitative estimate of drug-likeness (QED) is 0.646. The smallest absolute Gasteiger partial charge is 0.375 e. The van der Waals surface area contributed by atoms with Crippen LogP contribution in [0.4, 0.5) is 4.39 Å². The van der Waals surface area contributed by atoms with E-state index in [9.17, 15) is 14.0 Å². The van der Waals surface area contributed by atoms with Crippen LogP contribution in [0.1, 0.15) is 21.7 Å². The summed E-state index contributed by atoms with van der Waals surface area (Å²) in [6, 6.07) is 13.2. The number of halogens is 1. The van der Waals surface area contributed by atoms with Crippen molar-refractivity contribution in [2.75, 3.05) is 13.7 Å². The van der Waals surface area contributed by atoms with E-state index in [0.717, 1.165) is 5.39 Å². The van der Waals surface area contributed by atoms with Crippen molar-refractivity contribution >= 4 is 22.8 Å². The molecule has 0 aliphatic rings. The second-order valence-corrected chi connectivity index (χ2v) is 5.78. The van der Waals surface area contributed by atoms with E-state index in [2.05, 4.69) is 5.32 Å². The first-order chi connectivity index (χ1) is 13.1. The van der Waals surface area contributed by atoms with E-state index in [4.69, 9.17) is 13.9 Å². The molecule has 1 amide bonds. The van der Waals surface area contributed by atoms with Crippen molar-refractivity contribution < 1.29 is 27.9 Å². The number of rotatable bonds is 7. The minimum Gasteiger partial charge on any atom is -0.450 e. The van der Waals surface area contributed by atoms with E-state index in [1.54, 1.807) is 30.3 Å². The number of ether oxygens (including phenoxy) is 2. The molecule has 1 N–H and O–H groups in total. The number of carbonyl (C=O) groups excluding carboxylic acids is 2. The highest BCUT2D eigenvalue weighted by Crippen LogP contribution is 2.27. The van der Waals surface area contributed by atoms with E-state index in [1.807, 2.05) is 12.1 Å². The summed E-state index contributed by atoms with van der Waals surface area (Å²) < 4.78 is 29.2. The highest BCUT2D eigenvalue weighted by molar-refractivity contribution is 5.96. The molecule has 6 nitrogen and oxygen atoms in total. The molecule has 0 spiro atoms. The largest absolute Gasteiger partial charge is 0.450 e. The van der Waals surface area contributed by atoms with Crippen LogP contribution in [0.5, 0.6) is 0 Å². The van der Waals surface area contributed by atoms with Crippen LogP contribution in [-0.4, -0.2) is 25.6 Å². The maximum Gasteiger partial charge on any atom is 0.375 e. The predicted molar refractivity (Wildman–Crippen MR) is 95.5 cm³/mol. The summed E-state index contributed by atoms with van der Waals surface area (Å²) in [7, 11) is 1.51. The lowest BCUT2D eigenvalue weighted by atomic mass is 10.1. The van der Waals surface area contributed by atoms with Crippen molar-refractivity contribution in [3.05, 3.63) is 71.2 Å². The van der Waals surface area contributed by atoms with Crippen LogP contribution in [0, 0.1) is 5.82 Å². The second-order valence-electron chi connectivity index (χ2n) is 5.78. The molecule has 0 unspecified atom stereocenters. The Hall–Kier alpha value is -3.19. The van der Waals surface area contributed by atoms with Crippen LogP contribution >= 0.6 is 0 Å². The summed E-state index contributed by atoms with van der Waals surface area (Å²) in [5.74, 6) is -1.73. The predicted octanol–water partition coefficient (Wildman–Crippen LogP) is 3.19. The number of benzene rings is 2. The average molecular weight is 371 g/mol. The number of fused-ring (bicyclic) bond motifs is 1. The molecule has 1 aromatic heterocycles. The van der Waals surface area contributed by atoms with Gasteiger partial charge in [0.05, 0.1) is 6.61 Å². The zero-order chi connectivity index (χ0) is 19.2. The molecule has 0 aliphatic carbocycles. The van der Waals surface area contributed by atoms with E-state index < -0.39 is 24.3 Å². The van der Waals surface area contributed by atoms with Crippen molar-refractivity contribution in [2.24, 2.45) is 0 Å². The minimum absolute atomic E-state index is 0.0000428. The first kappa shape index (κ1) is 18.6. The summed E-state index contributed by atoms with van der Waals surface area (Å²) in [6.07, 6.45) is 0. The summed E-state index contributed by atoms with van der Waals surface area (Å²) in [5, 5.41) is 3.25. The second kappa shape index (κ2) is 8.46. The van der Waals surface area contributed by atoms with Crippen LogP contribution in [0.2, 0.25) is 0 Å². The van der Waals surface area contributed by atoms with Crippen molar-refractivity contribution in [1.82, 2.24) is 5.32 Å². The molecule has 1 heterocycles.